The van der Waals surface area contributed by atoms with Gasteiger partial charge in [0.25, 0.3) is 0 Å². The molecule has 0 amide bonds. The molecule has 2 atom stereocenters. The molecular formula is C11H23N3. The second-order valence-corrected chi connectivity index (χ2v) is 4.34. The number of hydrogen-bond acceptors (Lipinski definition) is 1. The van der Waals surface area contributed by atoms with Crippen LogP contribution in [0.15, 0.2) is 4.99 Å². The van der Waals surface area contributed by atoms with E-state index in [9.17, 15) is 0 Å². The Morgan fingerprint density at radius 3 is 2.79 bits per heavy atom. The van der Waals surface area contributed by atoms with Gasteiger partial charge in [0.05, 0.1) is 0 Å². The van der Waals surface area contributed by atoms with E-state index in [4.69, 9.17) is 0 Å². The van der Waals surface area contributed by atoms with Gasteiger partial charge in [-0.25, -0.2) is 0 Å². The highest BCUT2D eigenvalue weighted by atomic mass is 15.1. The van der Waals surface area contributed by atoms with Crippen LogP contribution in [0.25, 0.3) is 0 Å². The third-order valence-electron chi connectivity index (χ3n) is 3.06. The van der Waals surface area contributed by atoms with Crippen LogP contribution in [0.1, 0.15) is 32.6 Å². The van der Waals surface area contributed by atoms with Crippen molar-refractivity contribution in [1.29, 1.82) is 0 Å². The molecule has 14 heavy (non-hydrogen) atoms. The van der Waals surface area contributed by atoms with Gasteiger partial charge >= 0.3 is 0 Å². The second kappa shape index (κ2) is 5.89. The molecule has 0 aromatic heterocycles. The van der Waals surface area contributed by atoms with Crippen LogP contribution in [0, 0.1) is 11.8 Å². The molecule has 82 valence electrons. The highest BCUT2D eigenvalue weighted by molar-refractivity contribution is 5.79. The molecule has 2 unspecified atom stereocenters. The minimum Gasteiger partial charge on any atom is -0.359 e. The summed E-state index contributed by atoms with van der Waals surface area (Å²) in [4.78, 5) is 4.10. The van der Waals surface area contributed by atoms with Crippen LogP contribution in [-0.4, -0.2) is 26.6 Å². The molecule has 3 nitrogen and oxygen atoms in total. The zero-order chi connectivity index (χ0) is 10.4. The molecule has 0 saturated heterocycles. The van der Waals surface area contributed by atoms with Gasteiger partial charge in [-0.2, -0.15) is 0 Å². The predicted molar refractivity (Wildman–Crippen MR) is 61.5 cm³/mol. The molecule has 3 heteroatoms. The van der Waals surface area contributed by atoms with E-state index in [1.54, 1.807) is 0 Å². The fourth-order valence-electron chi connectivity index (χ4n) is 2.27. The standard InChI is InChI=1S/C11H23N3/c1-9-5-4-6-10(7-9)8-14-11(12-2)13-3/h9-10H,4-8H2,1-3H3,(H2,12,13,14). The van der Waals surface area contributed by atoms with Crippen LogP contribution >= 0.6 is 0 Å². The van der Waals surface area contributed by atoms with Gasteiger partial charge in [0.15, 0.2) is 5.96 Å². The van der Waals surface area contributed by atoms with E-state index in [2.05, 4.69) is 22.5 Å². The number of rotatable bonds is 2. The molecule has 2 N–H and O–H groups in total. The summed E-state index contributed by atoms with van der Waals surface area (Å²) in [7, 11) is 3.71. The second-order valence-electron chi connectivity index (χ2n) is 4.34. The lowest BCUT2D eigenvalue weighted by atomic mass is 9.82. The van der Waals surface area contributed by atoms with Crippen molar-refractivity contribution >= 4 is 5.96 Å². The Labute approximate surface area is 87.4 Å². The predicted octanol–water partition coefficient (Wildman–Crippen LogP) is 1.61. The SMILES string of the molecule is CN=C(NC)NCC1CCCC(C)C1. The first-order valence-corrected chi connectivity index (χ1v) is 5.64. The fourth-order valence-corrected chi connectivity index (χ4v) is 2.27. The van der Waals surface area contributed by atoms with Gasteiger partial charge in [0.2, 0.25) is 0 Å². The number of aliphatic imine (C=N–C) groups is 1. The Balaban J connectivity index is 2.23. The third kappa shape index (κ3) is 3.56. The van der Waals surface area contributed by atoms with Crippen LogP contribution in [0.5, 0.6) is 0 Å². The van der Waals surface area contributed by atoms with E-state index >= 15 is 0 Å². The molecule has 0 aromatic rings. The molecule has 1 aliphatic rings. The van der Waals surface area contributed by atoms with Gasteiger partial charge in [-0.15, -0.1) is 0 Å². The lowest BCUT2D eigenvalue weighted by molar-refractivity contribution is 0.282. The maximum absolute atomic E-state index is 4.10. The molecule has 0 radical (unpaired) electrons. The van der Waals surface area contributed by atoms with E-state index in [1.807, 2.05) is 14.1 Å². The molecule has 0 heterocycles. The Bertz CT molecular complexity index is 189. The van der Waals surface area contributed by atoms with Crippen molar-refractivity contribution in [2.75, 3.05) is 20.6 Å². The summed E-state index contributed by atoms with van der Waals surface area (Å²) in [6, 6.07) is 0. The monoisotopic (exact) mass is 197 g/mol. The summed E-state index contributed by atoms with van der Waals surface area (Å²) in [5.41, 5.74) is 0. The minimum atomic E-state index is 0.837. The molecule has 1 rings (SSSR count). The van der Waals surface area contributed by atoms with Crippen molar-refractivity contribution in [1.82, 2.24) is 10.6 Å². The quantitative estimate of drug-likeness (QED) is 0.521. The Kier molecular flexibility index (Phi) is 4.77. The van der Waals surface area contributed by atoms with Crippen LogP contribution in [0.4, 0.5) is 0 Å². The van der Waals surface area contributed by atoms with Crippen LogP contribution in [0.2, 0.25) is 0 Å². The first-order valence-electron chi connectivity index (χ1n) is 5.64. The highest BCUT2D eigenvalue weighted by Crippen LogP contribution is 2.27. The minimum absolute atomic E-state index is 0.837. The summed E-state index contributed by atoms with van der Waals surface area (Å²) < 4.78 is 0. The Hall–Kier alpha value is -0.730. The zero-order valence-corrected chi connectivity index (χ0v) is 9.64. The summed E-state index contributed by atoms with van der Waals surface area (Å²) in [6.45, 7) is 3.43. The Morgan fingerprint density at radius 2 is 2.21 bits per heavy atom. The van der Waals surface area contributed by atoms with Crippen molar-refractivity contribution in [3.8, 4) is 0 Å². The molecule has 1 fully saturated rings. The van der Waals surface area contributed by atoms with Gasteiger partial charge < -0.3 is 10.6 Å². The largest absolute Gasteiger partial charge is 0.359 e. The van der Waals surface area contributed by atoms with Crippen molar-refractivity contribution < 1.29 is 0 Å². The zero-order valence-electron chi connectivity index (χ0n) is 9.64. The summed E-state index contributed by atoms with van der Waals surface area (Å²) >= 11 is 0. The molecule has 0 spiro atoms. The molecule has 0 bridgehead atoms. The molecule has 1 aliphatic carbocycles. The van der Waals surface area contributed by atoms with Crippen LogP contribution in [0.3, 0.4) is 0 Å². The van der Waals surface area contributed by atoms with Gasteiger partial charge in [-0.05, 0) is 24.7 Å². The summed E-state index contributed by atoms with van der Waals surface area (Å²) in [5, 5.41) is 6.39. The summed E-state index contributed by atoms with van der Waals surface area (Å²) in [6.07, 6.45) is 5.55. The number of hydrogen-bond donors (Lipinski definition) is 2. The van der Waals surface area contributed by atoms with E-state index in [1.165, 1.54) is 25.7 Å². The van der Waals surface area contributed by atoms with Crippen LogP contribution in [-0.2, 0) is 0 Å². The van der Waals surface area contributed by atoms with Gasteiger partial charge in [-0.1, -0.05) is 19.8 Å². The highest BCUT2D eigenvalue weighted by Gasteiger charge is 2.18. The molecule has 1 saturated carbocycles. The lowest BCUT2D eigenvalue weighted by Gasteiger charge is -2.27. The van der Waals surface area contributed by atoms with Gasteiger partial charge in [0.1, 0.15) is 0 Å². The number of nitrogens with zero attached hydrogens (tertiary/aromatic N) is 1. The smallest absolute Gasteiger partial charge is 0.190 e. The average molecular weight is 197 g/mol. The summed E-state index contributed by atoms with van der Waals surface area (Å²) in [5.74, 6) is 2.65. The fraction of sp³-hybridized carbons (Fsp3) is 0.909. The van der Waals surface area contributed by atoms with Gasteiger partial charge in [0, 0.05) is 20.6 Å². The van der Waals surface area contributed by atoms with Gasteiger partial charge in [-0.3, -0.25) is 4.99 Å². The molecule has 0 aliphatic heterocycles. The molecular weight excluding hydrogens is 174 g/mol. The first kappa shape index (κ1) is 11.3. The number of guanidine groups is 1. The molecule has 0 aromatic carbocycles. The average Bonchev–Trinajstić information content (AvgIpc) is 2.19. The Morgan fingerprint density at radius 1 is 1.43 bits per heavy atom. The normalized spacial score (nSPS) is 28.6. The first-order chi connectivity index (χ1) is 6.76. The van der Waals surface area contributed by atoms with Crippen molar-refractivity contribution in [2.45, 2.75) is 32.6 Å². The topological polar surface area (TPSA) is 36.4 Å². The van der Waals surface area contributed by atoms with E-state index < -0.39 is 0 Å². The van der Waals surface area contributed by atoms with Crippen LogP contribution < -0.4 is 10.6 Å². The van der Waals surface area contributed by atoms with E-state index in [-0.39, 0.29) is 0 Å². The lowest BCUT2D eigenvalue weighted by Crippen LogP contribution is -2.38. The van der Waals surface area contributed by atoms with Crippen molar-refractivity contribution in [3.63, 3.8) is 0 Å². The number of nitrogens with one attached hydrogen (secondary N) is 2. The van der Waals surface area contributed by atoms with Crippen molar-refractivity contribution in [3.05, 3.63) is 0 Å². The van der Waals surface area contributed by atoms with Crippen molar-refractivity contribution in [2.24, 2.45) is 16.8 Å². The maximum Gasteiger partial charge on any atom is 0.190 e. The maximum atomic E-state index is 4.10. The van der Waals surface area contributed by atoms with E-state index in [0.717, 1.165) is 24.3 Å². The third-order valence-corrected chi connectivity index (χ3v) is 3.06. The van der Waals surface area contributed by atoms with E-state index in [0.29, 0.717) is 0 Å².